The number of aromatic nitrogens is 5. The van der Waals surface area contributed by atoms with Crippen LogP contribution in [-0.2, 0) is 13.5 Å². The Morgan fingerprint density at radius 2 is 1.85 bits per heavy atom. The van der Waals surface area contributed by atoms with Crippen LogP contribution in [0.25, 0.3) is 22.3 Å². The molecule has 7 nitrogen and oxygen atoms in total. The highest BCUT2D eigenvalue weighted by Crippen LogP contribution is 2.28. The van der Waals surface area contributed by atoms with Gasteiger partial charge in [-0.25, -0.2) is 9.37 Å². The van der Waals surface area contributed by atoms with Crippen molar-refractivity contribution in [2.45, 2.75) is 13.3 Å². The zero-order valence-corrected chi connectivity index (χ0v) is 18.7. The van der Waals surface area contributed by atoms with Crippen LogP contribution in [0.5, 0.6) is 0 Å². The van der Waals surface area contributed by atoms with Crippen LogP contribution >= 0.6 is 11.3 Å². The summed E-state index contributed by atoms with van der Waals surface area (Å²) in [5.74, 6) is -0.623. The number of hydrogen-bond donors (Lipinski definition) is 1. The van der Waals surface area contributed by atoms with Crippen molar-refractivity contribution in [1.82, 2.24) is 25.0 Å². The summed E-state index contributed by atoms with van der Waals surface area (Å²) in [4.78, 5) is 18.0. The van der Waals surface area contributed by atoms with Crippen LogP contribution in [0, 0.1) is 12.7 Å². The topological polar surface area (TPSA) is 85.6 Å². The van der Waals surface area contributed by atoms with Crippen molar-refractivity contribution < 1.29 is 9.18 Å². The summed E-state index contributed by atoms with van der Waals surface area (Å²) in [6.45, 7) is 1.85. The average Bonchev–Trinajstić information content (AvgIpc) is 3.38. The number of nitrogens with one attached hydrogen (secondary N) is 1. The zero-order valence-electron chi connectivity index (χ0n) is 17.9. The molecule has 2 aromatic carbocycles. The van der Waals surface area contributed by atoms with Crippen molar-refractivity contribution in [2.75, 3.05) is 5.32 Å². The number of aryl methyl sites for hydroxylation is 2. The lowest BCUT2D eigenvalue weighted by molar-refractivity contribution is 0.102. The van der Waals surface area contributed by atoms with E-state index in [1.807, 2.05) is 37.3 Å². The van der Waals surface area contributed by atoms with Gasteiger partial charge in [-0.05, 0) is 24.6 Å². The quantitative estimate of drug-likeness (QED) is 0.410. The number of carbonyl (C=O) groups is 1. The summed E-state index contributed by atoms with van der Waals surface area (Å²) in [6.07, 6.45) is 0.305. The molecule has 0 radical (unpaired) electrons. The summed E-state index contributed by atoms with van der Waals surface area (Å²) in [7, 11) is 1.80. The van der Waals surface area contributed by atoms with E-state index in [4.69, 9.17) is 4.98 Å². The second kappa shape index (κ2) is 8.51. The molecule has 0 spiro atoms. The van der Waals surface area contributed by atoms with Gasteiger partial charge in [-0.3, -0.25) is 14.8 Å². The van der Waals surface area contributed by atoms with Crippen molar-refractivity contribution in [2.24, 2.45) is 7.05 Å². The lowest BCUT2D eigenvalue weighted by Gasteiger charge is -2.08. The van der Waals surface area contributed by atoms with Crippen LogP contribution in [0.1, 0.15) is 26.6 Å². The van der Waals surface area contributed by atoms with Gasteiger partial charge in [0.25, 0.3) is 5.91 Å². The molecule has 5 rings (SSSR count). The normalized spacial score (nSPS) is 11.1. The smallest absolute Gasteiger partial charge is 0.258 e. The summed E-state index contributed by atoms with van der Waals surface area (Å²) in [5, 5.41) is 17.1. The fourth-order valence-corrected chi connectivity index (χ4v) is 4.48. The van der Waals surface area contributed by atoms with E-state index < -0.39 is 0 Å². The Labute approximate surface area is 192 Å². The van der Waals surface area contributed by atoms with Crippen molar-refractivity contribution in [3.63, 3.8) is 0 Å². The number of anilines is 1. The van der Waals surface area contributed by atoms with Gasteiger partial charge < -0.3 is 0 Å². The minimum absolute atomic E-state index is 0.294. The molecular weight excluding hydrogens is 439 g/mol. The summed E-state index contributed by atoms with van der Waals surface area (Å²) in [6, 6.07) is 18.0. The van der Waals surface area contributed by atoms with Gasteiger partial charge in [0, 0.05) is 19.0 Å². The van der Waals surface area contributed by atoms with Gasteiger partial charge in [0.15, 0.2) is 5.65 Å². The number of nitrogens with zero attached hydrogens (tertiary/aromatic N) is 5. The monoisotopic (exact) mass is 458 g/mol. The lowest BCUT2D eigenvalue weighted by atomic mass is 10.1. The van der Waals surface area contributed by atoms with Crippen LogP contribution in [0.2, 0.25) is 0 Å². The highest BCUT2D eigenvalue weighted by molar-refractivity contribution is 7.15. The van der Waals surface area contributed by atoms with E-state index in [9.17, 15) is 9.18 Å². The van der Waals surface area contributed by atoms with E-state index in [1.54, 1.807) is 36.0 Å². The third kappa shape index (κ3) is 4.10. The standard InChI is InChI=1S/C24H19FN6OS/c1-14-21-17(13-19(15-8-4-3-5-9-15)26-22(21)31(2)30-14)23(32)27-24-29-28-20(33-24)12-16-10-6-7-11-18(16)25/h3-11,13H,12H2,1-2H3,(H,27,29,32). The van der Waals surface area contributed by atoms with E-state index in [2.05, 4.69) is 20.6 Å². The van der Waals surface area contributed by atoms with Gasteiger partial charge in [0.05, 0.1) is 22.3 Å². The largest absolute Gasteiger partial charge is 0.296 e. The third-order valence-electron chi connectivity index (χ3n) is 5.27. The Bertz CT molecular complexity index is 1480. The summed E-state index contributed by atoms with van der Waals surface area (Å²) >= 11 is 1.22. The van der Waals surface area contributed by atoms with Crippen LogP contribution in [-0.4, -0.2) is 30.9 Å². The van der Waals surface area contributed by atoms with Gasteiger partial charge in [0.1, 0.15) is 10.8 Å². The summed E-state index contributed by atoms with van der Waals surface area (Å²) in [5.41, 5.74) is 3.89. The van der Waals surface area contributed by atoms with Crippen LogP contribution < -0.4 is 5.32 Å². The Kier molecular flexibility index (Phi) is 5.39. The maximum atomic E-state index is 14.0. The first-order valence-electron chi connectivity index (χ1n) is 10.3. The second-order valence-corrected chi connectivity index (χ2v) is 8.61. The van der Waals surface area contributed by atoms with E-state index in [1.165, 1.54) is 17.4 Å². The van der Waals surface area contributed by atoms with Crippen molar-refractivity contribution >= 4 is 33.4 Å². The predicted octanol–water partition coefficient (Wildman–Crippen LogP) is 4.78. The van der Waals surface area contributed by atoms with Crippen molar-refractivity contribution in [3.8, 4) is 11.3 Å². The highest BCUT2D eigenvalue weighted by Gasteiger charge is 2.20. The predicted molar refractivity (Wildman–Crippen MR) is 126 cm³/mol. The fourth-order valence-electron chi connectivity index (χ4n) is 3.73. The van der Waals surface area contributed by atoms with Gasteiger partial charge in [0.2, 0.25) is 5.13 Å². The Hall–Kier alpha value is -3.98. The molecule has 1 N–H and O–H groups in total. The summed E-state index contributed by atoms with van der Waals surface area (Å²) < 4.78 is 15.6. The molecule has 0 aliphatic rings. The molecule has 0 atom stereocenters. The number of halogens is 1. The molecule has 5 aromatic rings. The Balaban J connectivity index is 1.47. The molecule has 0 unspecified atom stereocenters. The molecule has 0 bridgehead atoms. The first-order chi connectivity index (χ1) is 16.0. The molecule has 3 aromatic heterocycles. The molecule has 0 saturated carbocycles. The lowest BCUT2D eigenvalue weighted by Crippen LogP contribution is -2.13. The SMILES string of the molecule is Cc1nn(C)c2nc(-c3ccccc3)cc(C(=O)Nc3nnc(Cc4ccccc4F)s3)c12. The number of pyridine rings is 1. The maximum absolute atomic E-state index is 14.0. The third-order valence-corrected chi connectivity index (χ3v) is 6.11. The zero-order chi connectivity index (χ0) is 22.9. The molecule has 0 aliphatic carbocycles. The average molecular weight is 459 g/mol. The number of rotatable bonds is 5. The molecular formula is C24H19FN6OS. The van der Waals surface area contributed by atoms with E-state index >= 15 is 0 Å². The van der Waals surface area contributed by atoms with E-state index in [0.717, 1.165) is 5.56 Å². The Morgan fingerprint density at radius 3 is 2.64 bits per heavy atom. The van der Waals surface area contributed by atoms with Gasteiger partial charge in [-0.1, -0.05) is 59.9 Å². The number of benzene rings is 2. The number of hydrogen-bond acceptors (Lipinski definition) is 6. The first-order valence-corrected chi connectivity index (χ1v) is 11.1. The molecule has 3 heterocycles. The molecule has 0 fully saturated rings. The first kappa shape index (κ1) is 20.9. The molecule has 33 heavy (non-hydrogen) atoms. The van der Waals surface area contributed by atoms with E-state index in [-0.39, 0.29) is 11.7 Å². The number of amides is 1. The number of carbonyl (C=O) groups excluding carboxylic acids is 1. The fraction of sp³-hybridized carbons (Fsp3) is 0.125. The van der Waals surface area contributed by atoms with Crippen LogP contribution in [0.3, 0.4) is 0 Å². The van der Waals surface area contributed by atoms with Crippen molar-refractivity contribution in [1.29, 1.82) is 0 Å². The van der Waals surface area contributed by atoms with Crippen LogP contribution in [0.4, 0.5) is 9.52 Å². The van der Waals surface area contributed by atoms with E-state index in [0.29, 0.717) is 50.1 Å². The molecule has 9 heteroatoms. The minimum atomic E-state index is -0.329. The van der Waals surface area contributed by atoms with Crippen molar-refractivity contribution in [3.05, 3.63) is 88.3 Å². The molecule has 0 saturated heterocycles. The maximum Gasteiger partial charge on any atom is 0.258 e. The van der Waals surface area contributed by atoms with Gasteiger partial charge in [-0.15, -0.1) is 10.2 Å². The highest BCUT2D eigenvalue weighted by atomic mass is 32.1. The van der Waals surface area contributed by atoms with Gasteiger partial charge in [-0.2, -0.15) is 5.10 Å². The molecule has 164 valence electrons. The molecule has 0 aliphatic heterocycles. The Morgan fingerprint density at radius 1 is 1.09 bits per heavy atom. The van der Waals surface area contributed by atoms with Gasteiger partial charge >= 0.3 is 0 Å². The minimum Gasteiger partial charge on any atom is -0.296 e. The van der Waals surface area contributed by atoms with Crippen LogP contribution in [0.15, 0.2) is 60.7 Å². The number of fused-ring (bicyclic) bond motifs is 1. The molecule has 1 amide bonds. The second-order valence-electron chi connectivity index (χ2n) is 7.55.